The monoisotopic (exact) mass is 187 g/mol. The van der Waals surface area contributed by atoms with Gasteiger partial charge >= 0.3 is 0 Å². The number of nitrogens with one attached hydrogen (secondary N) is 1. The summed E-state index contributed by atoms with van der Waals surface area (Å²) >= 11 is 0. The van der Waals surface area contributed by atoms with E-state index in [9.17, 15) is 0 Å². The maximum Gasteiger partial charge on any atom is 0.0870 e. The summed E-state index contributed by atoms with van der Waals surface area (Å²) in [6, 6.07) is 0. The van der Waals surface area contributed by atoms with Gasteiger partial charge in [0.15, 0.2) is 0 Å². The lowest BCUT2D eigenvalue weighted by Gasteiger charge is -2.41. The molecule has 3 aliphatic rings. The zero-order valence-corrected chi connectivity index (χ0v) is 6.82. The molecule has 6 heteroatoms. The number of morpholine rings is 1. The average Bonchev–Trinajstić information content (AvgIpc) is 2.05. The fourth-order valence-corrected chi connectivity index (χ4v) is 1.22. The summed E-state index contributed by atoms with van der Waals surface area (Å²) in [5.74, 6) is -4.37. The molecule has 0 spiro atoms. The second-order valence-electron chi connectivity index (χ2n) is 2.85. The van der Waals surface area contributed by atoms with Crippen LogP contribution in [-0.2, 0) is 14.3 Å². The van der Waals surface area contributed by atoms with Crippen molar-refractivity contribution in [3.63, 3.8) is 0 Å². The summed E-state index contributed by atoms with van der Waals surface area (Å²) in [7, 11) is 0. The minimum atomic E-state index is -2.19. The van der Waals surface area contributed by atoms with Crippen molar-refractivity contribution in [2.45, 2.75) is 18.6 Å². The van der Waals surface area contributed by atoms with Crippen LogP contribution in [0.15, 0.2) is 0 Å². The van der Waals surface area contributed by atoms with Crippen molar-refractivity contribution < 1.29 is 24.5 Å². The van der Waals surface area contributed by atoms with E-state index < -0.39 is 11.9 Å². The third kappa shape index (κ3) is 3.00. The smallest absolute Gasteiger partial charge is 0.0870 e. The van der Waals surface area contributed by atoms with Gasteiger partial charge in [0.2, 0.25) is 0 Å². The summed E-state index contributed by atoms with van der Waals surface area (Å²) in [4.78, 5) is 17.9. The zero-order chi connectivity index (χ0) is 9.84. The maximum atomic E-state index is 8.93. The molecule has 2 bridgehead atoms. The molecule has 74 valence electrons. The first-order chi connectivity index (χ1) is 6.09. The van der Waals surface area contributed by atoms with Gasteiger partial charge in [-0.1, -0.05) is 0 Å². The van der Waals surface area contributed by atoms with Crippen molar-refractivity contribution in [2.24, 2.45) is 0 Å². The van der Waals surface area contributed by atoms with Crippen LogP contribution in [0.25, 0.3) is 0 Å². The Hall–Kier alpha value is -1.14. The Labute approximate surface area is 74.5 Å². The van der Waals surface area contributed by atoms with E-state index in [1.54, 1.807) is 0 Å². The first kappa shape index (κ1) is 9.94. The molecule has 0 aromatic rings. The highest BCUT2D eigenvalue weighted by Crippen LogP contribution is 2.22. The van der Waals surface area contributed by atoms with Gasteiger partial charge in [-0.2, -0.15) is 0 Å². The van der Waals surface area contributed by atoms with E-state index in [0.29, 0.717) is 12.2 Å². The summed E-state index contributed by atoms with van der Waals surface area (Å²) < 4.78 is 5.31. The van der Waals surface area contributed by atoms with E-state index >= 15 is 0 Å². The Morgan fingerprint density at radius 3 is 1.62 bits per heavy atom. The molecule has 0 amide bonds. The average molecular weight is 187 g/mol. The van der Waals surface area contributed by atoms with E-state index in [-0.39, 0.29) is 0 Å². The van der Waals surface area contributed by atoms with Gasteiger partial charge < -0.3 is 29.9 Å². The molecule has 3 saturated heterocycles. The van der Waals surface area contributed by atoms with Crippen LogP contribution in [-0.4, -0.2) is 37.2 Å². The van der Waals surface area contributed by atoms with Gasteiger partial charge in [-0.25, -0.2) is 0 Å². The third-order valence-electron chi connectivity index (χ3n) is 1.82. The van der Waals surface area contributed by atoms with Crippen LogP contribution in [0.2, 0.25) is 0 Å². The van der Waals surface area contributed by atoms with E-state index in [0.717, 1.165) is 13.1 Å². The number of carbonyl (C=O) groups excluding carboxylic acids is 2. The van der Waals surface area contributed by atoms with Crippen LogP contribution >= 0.6 is 0 Å². The van der Waals surface area contributed by atoms with E-state index in [2.05, 4.69) is 5.32 Å². The number of fused-ring (bicyclic) bond motifs is 2. The molecule has 3 fully saturated rings. The lowest BCUT2D eigenvalue weighted by molar-refractivity contribution is -0.345. The standard InChI is InChI=1S/C5H9NO.C2H2O4/c1-4-2-6-3-5(1)7-4;3-1(4)2(5)6/h4-6H,1-3H2;(H,3,4)(H,5,6)/p-2. The van der Waals surface area contributed by atoms with Crippen LogP contribution in [0.3, 0.4) is 0 Å². The predicted octanol–water partition coefficient (Wildman–Crippen LogP) is -3.77. The molecule has 0 aromatic heterocycles. The molecule has 3 rings (SSSR count). The van der Waals surface area contributed by atoms with Crippen molar-refractivity contribution >= 4 is 11.9 Å². The molecule has 0 aromatic carbocycles. The fraction of sp³-hybridized carbons (Fsp3) is 0.714. The number of carboxylic acids is 2. The van der Waals surface area contributed by atoms with Crippen LogP contribution in [0, 0.1) is 0 Å². The zero-order valence-electron chi connectivity index (χ0n) is 6.82. The topological polar surface area (TPSA) is 102 Å². The molecular weight excluding hydrogens is 178 g/mol. The molecule has 13 heavy (non-hydrogen) atoms. The third-order valence-corrected chi connectivity index (χ3v) is 1.82. The molecule has 0 saturated carbocycles. The van der Waals surface area contributed by atoms with Gasteiger partial charge in [0, 0.05) is 19.5 Å². The molecule has 2 unspecified atom stereocenters. The molecule has 6 nitrogen and oxygen atoms in total. The minimum absolute atomic E-state index is 0.568. The SMILES string of the molecule is C1NCC2CC1O2.O=C([O-])C(=O)[O-]. The molecule has 3 heterocycles. The maximum absolute atomic E-state index is 8.93. The summed E-state index contributed by atoms with van der Waals surface area (Å²) in [5.41, 5.74) is 0. The van der Waals surface area contributed by atoms with E-state index in [1.807, 2.05) is 0 Å². The molecule has 3 aliphatic heterocycles. The first-order valence-electron chi connectivity index (χ1n) is 3.88. The predicted molar refractivity (Wildman–Crippen MR) is 36.2 cm³/mol. The van der Waals surface area contributed by atoms with Crippen molar-refractivity contribution in [3.05, 3.63) is 0 Å². The van der Waals surface area contributed by atoms with Gasteiger partial charge in [0.05, 0.1) is 24.1 Å². The largest absolute Gasteiger partial charge is 0.543 e. The van der Waals surface area contributed by atoms with Crippen LogP contribution < -0.4 is 15.5 Å². The molecule has 0 radical (unpaired) electrons. The Kier molecular flexibility index (Phi) is 3.21. The lowest BCUT2D eigenvalue weighted by Crippen LogP contribution is -2.55. The quantitative estimate of drug-likeness (QED) is 0.391. The molecule has 0 aliphatic carbocycles. The van der Waals surface area contributed by atoms with Crippen LogP contribution in [0.5, 0.6) is 0 Å². The van der Waals surface area contributed by atoms with Crippen LogP contribution in [0.4, 0.5) is 0 Å². The number of ether oxygens (including phenoxy) is 1. The number of piperidine rings is 1. The number of hydrogen-bond acceptors (Lipinski definition) is 6. The second kappa shape index (κ2) is 4.20. The number of carboxylic acid groups (broad SMARTS) is 2. The number of hydrogen-bond donors (Lipinski definition) is 1. The van der Waals surface area contributed by atoms with E-state index in [4.69, 9.17) is 24.5 Å². The highest BCUT2D eigenvalue weighted by atomic mass is 16.5. The lowest BCUT2D eigenvalue weighted by atomic mass is 10.0. The van der Waals surface area contributed by atoms with Gasteiger partial charge in [-0.3, -0.25) is 0 Å². The summed E-state index contributed by atoms with van der Waals surface area (Å²) in [6.45, 7) is 2.16. The molecular formula is C7H9NO5-2. The minimum Gasteiger partial charge on any atom is -0.543 e. The normalized spacial score (nSPS) is 29.2. The number of aliphatic carboxylic acids is 2. The van der Waals surface area contributed by atoms with Crippen molar-refractivity contribution in [1.82, 2.24) is 5.32 Å². The number of rotatable bonds is 0. The Bertz CT molecular complexity index is 185. The van der Waals surface area contributed by atoms with E-state index in [1.165, 1.54) is 6.42 Å². The Morgan fingerprint density at radius 1 is 1.15 bits per heavy atom. The van der Waals surface area contributed by atoms with Gasteiger partial charge in [0.1, 0.15) is 0 Å². The van der Waals surface area contributed by atoms with Gasteiger partial charge in [0.25, 0.3) is 0 Å². The fourth-order valence-electron chi connectivity index (χ4n) is 1.22. The Morgan fingerprint density at radius 2 is 1.54 bits per heavy atom. The van der Waals surface area contributed by atoms with Crippen molar-refractivity contribution in [1.29, 1.82) is 0 Å². The Balaban J connectivity index is 0.000000133. The number of carbonyl (C=O) groups is 2. The van der Waals surface area contributed by atoms with Crippen molar-refractivity contribution in [3.8, 4) is 0 Å². The van der Waals surface area contributed by atoms with Gasteiger partial charge in [-0.15, -0.1) is 0 Å². The summed E-state index contributed by atoms with van der Waals surface area (Å²) in [6.07, 6.45) is 2.44. The van der Waals surface area contributed by atoms with Gasteiger partial charge in [-0.05, 0) is 0 Å². The van der Waals surface area contributed by atoms with Crippen molar-refractivity contribution in [2.75, 3.05) is 13.1 Å². The second-order valence-corrected chi connectivity index (χ2v) is 2.85. The first-order valence-corrected chi connectivity index (χ1v) is 3.88. The highest BCUT2D eigenvalue weighted by Gasteiger charge is 2.33. The molecule has 2 atom stereocenters. The molecule has 1 N–H and O–H groups in total. The highest BCUT2D eigenvalue weighted by molar-refractivity contribution is 6.25. The van der Waals surface area contributed by atoms with Crippen LogP contribution in [0.1, 0.15) is 6.42 Å². The summed E-state index contributed by atoms with van der Waals surface area (Å²) in [5, 5.41) is 21.1.